The third-order valence-corrected chi connectivity index (χ3v) is 8.47. The molecular weight excluding hydrogens is 516 g/mol. The second-order valence-corrected chi connectivity index (χ2v) is 11.0. The molecule has 6 rings (SSSR count). The molecule has 2 heterocycles. The molecule has 0 unspecified atom stereocenters. The molecule has 1 N–H and O–H groups in total. The van der Waals surface area contributed by atoms with Crippen molar-refractivity contribution >= 4 is 34.2 Å². The van der Waals surface area contributed by atoms with Gasteiger partial charge in [-0.05, 0) is 67.3 Å². The number of aromatic nitrogens is 3. The second kappa shape index (κ2) is 11.7. The normalized spacial score (nSPS) is 16.6. The number of fused-ring (bicyclic) bond motifs is 1. The maximum Gasteiger partial charge on any atom is 0.250 e. The largest absolute Gasteiger partial charge is 0.378 e. The molecule has 9 heteroatoms. The van der Waals surface area contributed by atoms with Crippen molar-refractivity contribution in [2.45, 2.75) is 51.2 Å². The van der Waals surface area contributed by atoms with Gasteiger partial charge in [0.1, 0.15) is 17.6 Å². The van der Waals surface area contributed by atoms with E-state index in [1.54, 1.807) is 9.58 Å². The summed E-state index contributed by atoms with van der Waals surface area (Å²) in [4.78, 5) is 32.5. The number of aryl methyl sites for hydroxylation is 1. The van der Waals surface area contributed by atoms with Crippen molar-refractivity contribution in [1.29, 1.82) is 0 Å². The smallest absolute Gasteiger partial charge is 0.250 e. The lowest BCUT2D eigenvalue weighted by Gasteiger charge is -2.40. The molecule has 1 saturated carbocycles. The van der Waals surface area contributed by atoms with Crippen molar-refractivity contribution in [2.75, 3.05) is 36.5 Å². The van der Waals surface area contributed by atoms with E-state index in [9.17, 15) is 9.59 Å². The van der Waals surface area contributed by atoms with Crippen LogP contribution in [0.4, 0.5) is 11.4 Å². The van der Waals surface area contributed by atoms with Crippen molar-refractivity contribution < 1.29 is 14.3 Å². The minimum absolute atomic E-state index is 0.00959. The summed E-state index contributed by atoms with van der Waals surface area (Å²) in [6.07, 6.45) is 2.99. The number of nitrogens with zero attached hydrogens (tertiary/aromatic N) is 5. The van der Waals surface area contributed by atoms with E-state index in [0.717, 1.165) is 72.7 Å². The molecule has 2 aliphatic rings. The number of carbonyl (C=O) groups excluding carboxylic acids is 2. The van der Waals surface area contributed by atoms with Gasteiger partial charge in [-0.1, -0.05) is 54.5 Å². The zero-order valence-electron chi connectivity index (χ0n) is 23.5. The van der Waals surface area contributed by atoms with Gasteiger partial charge in [-0.3, -0.25) is 9.59 Å². The van der Waals surface area contributed by atoms with Gasteiger partial charge in [0.2, 0.25) is 11.8 Å². The number of anilines is 2. The predicted octanol–water partition coefficient (Wildman–Crippen LogP) is 4.56. The lowest BCUT2D eigenvalue weighted by atomic mass is 9.91. The molecule has 1 aliphatic heterocycles. The number of carbonyl (C=O) groups is 2. The minimum Gasteiger partial charge on any atom is -0.378 e. The summed E-state index contributed by atoms with van der Waals surface area (Å²) < 4.78 is 7.10. The first-order valence-electron chi connectivity index (χ1n) is 14.4. The third kappa shape index (κ3) is 5.54. The van der Waals surface area contributed by atoms with Gasteiger partial charge in [0.15, 0.2) is 0 Å². The van der Waals surface area contributed by atoms with Crippen LogP contribution >= 0.6 is 0 Å². The Morgan fingerprint density at radius 3 is 2.41 bits per heavy atom. The third-order valence-electron chi connectivity index (χ3n) is 8.47. The number of hydrogen-bond donors (Lipinski definition) is 1. The molecular formula is C32H36N6O3. The molecule has 1 aromatic heterocycles. The first-order chi connectivity index (χ1) is 20.0. The van der Waals surface area contributed by atoms with E-state index in [1.165, 1.54) is 0 Å². The average molecular weight is 553 g/mol. The maximum absolute atomic E-state index is 14.2. The minimum atomic E-state index is -0.960. The summed E-state index contributed by atoms with van der Waals surface area (Å²) in [5.41, 5.74) is 4.52. The lowest BCUT2D eigenvalue weighted by molar-refractivity contribution is -0.147. The van der Waals surface area contributed by atoms with Crippen LogP contribution < -0.4 is 10.2 Å². The number of hydrogen-bond acceptors (Lipinski definition) is 6. The highest BCUT2D eigenvalue weighted by molar-refractivity contribution is 6.01. The number of nitrogens with one attached hydrogen (secondary N) is 1. The quantitative estimate of drug-likeness (QED) is 0.345. The highest BCUT2D eigenvalue weighted by atomic mass is 16.5. The first kappa shape index (κ1) is 27.0. The predicted molar refractivity (Wildman–Crippen MR) is 159 cm³/mol. The Balaban J connectivity index is 1.29. The van der Waals surface area contributed by atoms with Gasteiger partial charge in [-0.2, -0.15) is 0 Å². The summed E-state index contributed by atoms with van der Waals surface area (Å²) in [5.74, 6) is -0.289. The molecule has 2 amide bonds. The fourth-order valence-corrected chi connectivity index (χ4v) is 6.09. The molecule has 4 aromatic rings. The van der Waals surface area contributed by atoms with Crippen LogP contribution in [-0.2, 0) is 27.4 Å². The number of benzene rings is 3. The van der Waals surface area contributed by atoms with E-state index in [1.807, 2.05) is 79.7 Å². The summed E-state index contributed by atoms with van der Waals surface area (Å²) in [7, 11) is 0. The maximum atomic E-state index is 14.2. The fourth-order valence-electron chi connectivity index (χ4n) is 6.09. The average Bonchev–Trinajstić information content (AvgIpc) is 3.66. The van der Waals surface area contributed by atoms with Gasteiger partial charge in [0.25, 0.3) is 0 Å². The monoisotopic (exact) mass is 552 g/mol. The van der Waals surface area contributed by atoms with Gasteiger partial charge in [0.05, 0.1) is 18.7 Å². The number of amides is 2. The molecule has 0 atom stereocenters. The van der Waals surface area contributed by atoms with Gasteiger partial charge >= 0.3 is 0 Å². The molecule has 0 bridgehead atoms. The molecule has 41 heavy (non-hydrogen) atoms. The molecule has 9 nitrogen and oxygen atoms in total. The summed E-state index contributed by atoms with van der Waals surface area (Å²) in [6, 6.07) is 23.6. The highest BCUT2D eigenvalue weighted by Gasteiger charge is 2.48. The Kier molecular flexibility index (Phi) is 7.69. The van der Waals surface area contributed by atoms with Crippen molar-refractivity contribution in [1.82, 2.24) is 19.9 Å². The van der Waals surface area contributed by atoms with Crippen molar-refractivity contribution in [2.24, 2.45) is 0 Å². The van der Waals surface area contributed by atoms with Crippen LogP contribution in [0.25, 0.3) is 11.0 Å². The molecule has 212 valence electrons. The van der Waals surface area contributed by atoms with E-state index >= 15 is 0 Å². The second-order valence-electron chi connectivity index (χ2n) is 11.0. The first-order valence-corrected chi connectivity index (χ1v) is 14.4. The van der Waals surface area contributed by atoms with E-state index in [0.29, 0.717) is 19.4 Å². The van der Waals surface area contributed by atoms with Crippen molar-refractivity contribution in [3.05, 3.63) is 83.9 Å². The van der Waals surface area contributed by atoms with Crippen LogP contribution in [0.3, 0.4) is 0 Å². The van der Waals surface area contributed by atoms with Gasteiger partial charge < -0.3 is 19.9 Å². The van der Waals surface area contributed by atoms with Crippen LogP contribution in [0.15, 0.2) is 72.8 Å². The number of rotatable bonds is 8. The van der Waals surface area contributed by atoms with Crippen LogP contribution in [0.1, 0.15) is 36.8 Å². The van der Waals surface area contributed by atoms with Gasteiger partial charge in [-0.25, -0.2) is 4.68 Å². The molecule has 1 saturated heterocycles. The van der Waals surface area contributed by atoms with Gasteiger partial charge in [0, 0.05) is 31.0 Å². The number of para-hydroxylation sites is 1. The zero-order chi connectivity index (χ0) is 28.2. The van der Waals surface area contributed by atoms with E-state index in [-0.39, 0.29) is 18.4 Å². The summed E-state index contributed by atoms with van der Waals surface area (Å²) in [6.45, 7) is 5.54. The summed E-state index contributed by atoms with van der Waals surface area (Å²) in [5, 5.41) is 11.7. The Hall–Kier alpha value is -4.24. The molecule has 0 radical (unpaired) electrons. The van der Waals surface area contributed by atoms with Crippen molar-refractivity contribution in [3.63, 3.8) is 0 Å². The fraction of sp³-hybridized carbons (Fsp3) is 0.375. The Morgan fingerprint density at radius 2 is 1.66 bits per heavy atom. The van der Waals surface area contributed by atoms with Crippen LogP contribution in [0.5, 0.6) is 0 Å². The van der Waals surface area contributed by atoms with E-state index in [4.69, 9.17) is 4.74 Å². The topological polar surface area (TPSA) is 92.6 Å². The molecule has 1 aliphatic carbocycles. The van der Waals surface area contributed by atoms with Crippen LogP contribution in [0, 0.1) is 6.92 Å². The zero-order valence-corrected chi connectivity index (χ0v) is 23.5. The van der Waals surface area contributed by atoms with E-state index in [2.05, 4.69) is 20.5 Å². The van der Waals surface area contributed by atoms with E-state index < -0.39 is 5.54 Å². The van der Waals surface area contributed by atoms with Gasteiger partial charge in [-0.15, -0.1) is 5.10 Å². The number of morpholine rings is 1. The lowest BCUT2D eigenvalue weighted by Crippen LogP contribution is -2.57. The highest BCUT2D eigenvalue weighted by Crippen LogP contribution is 2.38. The van der Waals surface area contributed by atoms with Crippen LogP contribution in [-0.4, -0.2) is 63.6 Å². The van der Waals surface area contributed by atoms with Crippen LogP contribution in [0.2, 0.25) is 0 Å². The Labute approximate surface area is 240 Å². The SMILES string of the molecule is Cc1ccccc1CN(C(=O)Cn1nnc2ccccc21)C1(C(=O)Nc2ccc(N3CCOCC3)cc2)CCCC1. The molecule has 0 spiro atoms. The molecule has 2 fully saturated rings. The standard InChI is InChI=1S/C32H36N6O3/c1-24-8-2-3-9-25(24)22-37(30(39)23-38-29-11-5-4-10-28(29)34-35-38)32(16-6-7-17-32)31(40)33-26-12-14-27(15-13-26)36-18-20-41-21-19-36/h2-5,8-15H,6-7,16-23H2,1H3,(H,33,40). The number of ether oxygens (including phenoxy) is 1. The Bertz CT molecular complexity index is 1520. The molecule has 3 aromatic carbocycles. The van der Waals surface area contributed by atoms with Crippen molar-refractivity contribution in [3.8, 4) is 0 Å². The summed E-state index contributed by atoms with van der Waals surface area (Å²) >= 11 is 0. The Morgan fingerprint density at radius 1 is 0.951 bits per heavy atom.